The van der Waals surface area contributed by atoms with Crippen LogP contribution in [0.3, 0.4) is 0 Å². The molecule has 0 radical (unpaired) electrons. The number of aromatic nitrogens is 1. The minimum Gasteiger partial charge on any atom is -0.479 e. The van der Waals surface area contributed by atoms with Crippen molar-refractivity contribution in [3.63, 3.8) is 0 Å². The third kappa shape index (κ3) is 3.21. The van der Waals surface area contributed by atoms with Crippen molar-refractivity contribution < 1.29 is 14.3 Å². The molecule has 2 heterocycles. The van der Waals surface area contributed by atoms with E-state index in [4.69, 9.17) is 9.47 Å². The monoisotopic (exact) mass is 417 g/mol. The second-order valence-electron chi connectivity index (χ2n) is 4.72. The molecule has 0 N–H and O–H groups in total. The van der Waals surface area contributed by atoms with Crippen LogP contribution < -0.4 is 0 Å². The van der Waals surface area contributed by atoms with Gasteiger partial charge in [-0.25, -0.2) is 9.78 Å². The number of rotatable bonds is 4. The molecule has 112 valence electrons. The van der Waals surface area contributed by atoms with Crippen molar-refractivity contribution in [3.05, 3.63) is 38.1 Å². The average Bonchev–Trinajstić information content (AvgIpc) is 2.77. The zero-order chi connectivity index (χ0) is 15.7. The van der Waals surface area contributed by atoms with E-state index < -0.39 is 12.1 Å². The number of carbonyl (C=O) groups excluding carboxylic acids is 1. The smallest absolute Gasteiger partial charge is 0.351 e. The third-order valence-electron chi connectivity index (χ3n) is 2.96. The van der Waals surface area contributed by atoms with Crippen molar-refractivity contribution in [1.82, 2.24) is 4.98 Å². The molecule has 0 aliphatic carbocycles. The van der Waals surface area contributed by atoms with Crippen LogP contribution in [0.2, 0.25) is 0 Å². The highest BCUT2D eigenvalue weighted by Gasteiger charge is 2.29. The predicted molar refractivity (Wildman–Crippen MR) is 92.5 cm³/mol. The lowest BCUT2D eigenvalue weighted by atomic mass is 10.1. The second-order valence-corrected chi connectivity index (χ2v) is 7.04. The Bertz CT molecular complexity index is 723. The molecule has 0 fully saturated rings. The SMILES string of the molecule is C=C(C)O[C@H](C(=O)OC)c1c(C)nc2sc(C)cc2c1I. The molecule has 0 bridgehead atoms. The number of pyridine rings is 1. The highest BCUT2D eigenvalue weighted by atomic mass is 127. The van der Waals surface area contributed by atoms with Gasteiger partial charge < -0.3 is 9.47 Å². The topological polar surface area (TPSA) is 48.4 Å². The molecule has 0 aliphatic rings. The summed E-state index contributed by atoms with van der Waals surface area (Å²) < 4.78 is 11.4. The number of hydrogen-bond acceptors (Lipinski definition) is 5. The maximum atomic E-state index is 12.1. The molecule has 2 aromatic rings. The lowest BCUT2D eigenvalue weighted by Crippen LogP contribution is -2.19. The molecule has 4 nitrogen and oxygen atoms in total. The predicted octanol–water partition coefficient (Wildman–Crippen LogP) is 4.28. The number of methoxy groups -OCH3 is 1. The molecule has 0 amide bonds. The van der Waals surface area contributed by atoms with Crippen molar-refractivity contribution in [1.29, 1.82) is 0 Å². The van der Waals surface area contributed by atoms with Crippen LogP contribution >= 0.6 is 33.9 Å². The highest BCUT2D eigenvalue weighted by Crippen LogP contribution is 2.35. The molecule has 0 aromatic carbocycles. The van der Waals surface area contributed by atoms with Crippen LogP contribution in [0.15, 0.2) is 18.4 Å². The quantitative estimate of drug-likeness (QED) is 0.423. The normalized spacial score (nSPS) is 12.2. The van der Waals surface area contributed by atoms with Crippen molar-refractivity contribution in [3.8, 4) is 0 Å². The average molecular weight is 417 g/mol. The maximum Gasteiger partial charge on any atom is 0.351 e. The van der Waals surface area contributed by atoms with Crippen LogP contribution in [0.1, 0.15) is 29.2 Å². The van der Waals surface area contributed by atoms with E-state index in [9.17, 15) is 4.79 Å². The largest absolute Gasteiger partial charge is 0.479 e. The van der Waals surface area contributed by atoms with Crippen LogP contribution in [0.5, 0.6) is 0 Å². The lowest BCUT2D eigenvalue weighted by molar-refractivity contribution is -0.152. The molecule has 0 unspecified atom stereocenters. The Balaban J connectivity index is 2.66. The third-order valence-corrected chi connectivity index (χ3v) is 5.07. The number of thiophene rings is 1. The Morgan fingerprint density at radius 2 is 2.14 bits per heavy atom. The molecule has 1 atom stereocenters. The first kappa shape index (κ1) is 16.2. The van der Waals surface area contributed by atoms with Crippen molar-refractivity contribution in [2.24, 2.45) is 0 Å². The van der Waals surface area contributed by atoms with Crippen molar-refractivity contribution in [2.45, 2.75) is 26.9 Å². The van der Waals surface area contributed by atoms with E-state index in [1.807, 2.05) is 13.8 Å². The molecule has 2 rings (SSSR count). The fraction of sp³-hybridized carbons (Fsp3) is 0.333. The second kappa shape index (κ2) is 6.31. The van der Waals surface area contributed by atoms with E-state index in [0.29, 0.717) is 5.76 Å². The molecule has 2 aromatic heterocycles. The Labute approximate surface area is 141 Å². The van der Waals surface area contributed by atoms with E-state index in [2.05, 4.69) is 40.2 Å². The maximum absolute atomic E-state index is 12.1. The number of esters is 1. The number of ether oxygens (including phenoxy) is 2. The number of nitrogens with zero attached hydrogens (tertiary/aromatic N) is 1. The van der Waals surface area contributed by atoms with Gasteiger partial charge in [-0.1, -0.05) is 6.58 Å². The van der Waals surface area contributed by atoms with E-state index in [1.165, 1.54) is 12.0 Å². The van der Waals surface area contributed by atoms with Gasteiger partial charge in [0.25, 0.3) is 0 Å². The Morgan fingerprint density at radius 1 is 1.48 bits per heavy atom. The summed E-state index contributed by atoms with van der Waals surface area (Å²) in [5.41, 5.74) is 1.51. The highest BCUT2D eigenvalue weighted by molar-refractivity contribution is 14.1. The number of fused-ring (bicyclic) bond motifs is 1. The van der Waals surface area contributed by atoms with Gasteiger partial charge in [-0.15, -0.1) is 11.3 Å². The van der Waals surface area contributed by atoms with Gasteiger partial charge in [0.05, 0.1) is 12.9 Å². The van der Waals surface area contributed by atoms with Crippen LogP contribution in [-0.2, 0) is 14.3 Å². The molecule has 21 heavy (non-hydrogen) atoms. The van der Waals surface area contributed by atoms with Gasteiger partial charge in [0.2, 0.25) is 6.10 Å². The number of carbonyl (C=O) groups is 1. The van der Waals surface area contributed by atoms with Crippen molar-refractivity contribution >= 4 is 50.1 Å². The van der Waals surface area contributed by atoms with Gasteiger partial charge in [0.1, 0.15) is 4.83 Å². The number of allylic oxidation sites excluding steroid dienone is 1. The summed E-state index contributed by atoms with van der Waals surface area (Å²) in [6, 6.07) is 2.08. The summed E-state index contributed by atoms with van der Waals surface area (Å²) in [7, 11) is 1.35. The van der Waals surface area contributed by atoms with Gasteiger partial charge >= 0.3 is 5.97 Å². The molecular weight excluding hydrogens is 401 g/mol. The summed E-state index contributed by atoms with van der Waals surface area (Å²) in [6.07, 6.45) is -0.837. The van der Waals surface area contributed by atoms with Gasteiger partial charge in [0.15, 0.2) is 0 Å². The number of halogens is 1. The van der Waals surface area contributed by atoms with Crippen LogP contribution in [0, 0.1) is 17.4 Å². The molecule has 0 saturated carbocycles. The summed E-state index contributed by atoms with van der Waals surface area (Å²) in [5, 5.41) is 1.04. The Hall–Kier alpha value is -1.15. The fourth-order valence-corrected chi connectivity index (χ4v) is 4.30. The molecule has 0 spiro atoms. The summed E-state index contributed by atoms with van der Waals surface area (Å²) in [4.78, 5) is 18.8. The van der Waals surface area contributed by atoms with Gasteiger partial charge in [-0.3, -0.25) is 0 Å². The molecular formula is C15H16INO3S. The standard InChI is InChI=1S/C15H16INO3S/c1-7(2)20-13(15(18)19-5)11-9(4)17-14-10(12(11)16)6-8(3)21-14/h6,13H,1H2,2-5H3/t13-/m0/s1. The van der Waals surface area contributed by atoms with Gasteiger partial charge in [0, 0.05) is 25.1 Å². The van der Waals surface area contributed by atoms with E-state index >= 15 is 0 Å². The molecule has 0 aliphatic heterocycles. The first-order valence-electron chi connectivity index (χ1n) is 6.31. The van der Waals surface area contributed by atoms with E-state index in [1.54, 1.807) is 18.3 Å². The zero-order valence-electron chi connectivity index (χ0n) is 12.3. The zero-order valence-corrected chi connectivity index (χ0v) is 15.3. The summed E-state index contributed by atoms with van der Waals surface area (Å²) in [6.45, 7) is 9.34. The van der Waals surface area contributed by atoms with Crippen LogP contribution in [-0.4, -0.2) is 18.1 Å². The minimum absolute atomic E-state index is 0.452. The number of hydrogen-bond donors (Lipinski definition) is 0. The van der Waals surface area contributed by atoms with Gasteiger partial charge in [-0.2, -0.15) is 0 Å². The van der Waals surface area contributed by atoms with Crippen LogP contribution in [0.4, 0.5) is 0 Å². The summed E-state index contributed by atoms with van der Waals surface area (Å²) >= 11 is 3.88. The van der Waals surface area contributed by atoms with E-state index in [-0.39, 0.29) is 0 Å². The van der Waals surface area contributed by atoms with Crippen molar-refractivity contribution in [2.75, 3.05) is 7.11 Å². The first-order chi connectivity index (χ1) is 9.85. The summed E-state index contributed by atoms with van der Waals surface area (Å²) in [5.74, 6) is 0.00862. The Morgan fingerprint density at radius 3 is 2.71 bits per heavy atom. The Kier molecular flexibility index (Phi) is 4.88. The van der Waals surface area contributed by atoms with E-state index in [0.717, 1.165) is 25.0 Å². The first-order valence-corrected chi connectivity index (χ1v) is 8.20. The van der Waals surface area contributed by atoms with Gasteiger partial charge in [-0.05, 0) is 49.4 Å². The minimum atomic E-state index is -0.837. The molecule has 0 saturated heterocycles. The fourth-order valence-electron chi connectivity index (χ4n) is 2.10. The number of aryl methyl sites for hydroxylation is 2. The molecule has 6 heteroatoms. The van der Waals surface area contributed by atoms with Crippen LogP contribution in [0.25, 0.3) is 10.2 Å². The lowest BCUT2D eigenvalue weighted by Gasteiger charge is -2.20.